The monoisotopic (exact) mass is 331 g/mol. The molecule has 1 fully saturated rings. The van der Waals surface area contributed by atoms with Crippen molar-refractivity contribution in [3.8, 4) is 0 Å². The number of nitrogens with one attached hydrogen (secondary N) is 1. The van der Waals surface area contributed by atoms with E-state index in [4.69, 9.17) is 0 Å². The van der Waals surface area contributed by atoms with Gasteiger partial charge in [-0.15, -0.1) is 0 Å². The molecule has 1 atom stereocenters. The Kier molecular flexibility index (Phi) is 4.33. The Labute approximate surface area is 137 Å². The van der Waals surface area contributed by atoms with Gasteiger partial charge < -0.3 is 4.90 Å². The Balaban J connectivity index is 1.85. The number of rotatable bonds is 5. The van der Waals surface area contributed by atoms with Crippen LogP contribution >= 0.6 is 0 Å². The molecule has 6 nitrogen and oxygen atoms in total. The maximum atomic E-state index is 14.1. The third-order valence-electron chi connectivity index (χ3n) is 4.20. The van der Waals surface area contributed by atoms with E-state index in [1.807, 2.05) is 0 Å². The molecule has 0 radical (unpaired) electrons. The smallest absolute Gasteiger partial charge is 0.328 e. The SMILES string of the molecule is C[C@@H](c1ccccc1F)N(C(=O)Cn1ccc(=O)[nH]c1=O)C1CC1. The lowest BCUT2D eigenvalue weighted by Crippen LogP contribution is -2.41. The molecule has 24 heavy (non-hydrogen) atoms. The summed E-state index contributed by atoms with van der Waals surface area (Å²) in [4.78, 5) is 39.3. The van der Waals surface area contributed by atoms with Gasteiger partial charge in [0, 0.05) is 23.9 Å². The summed E-state index contributed by atoms with van der Waals surface area (Å²) in [7, 11) is 0. The number of aromatic nitrogens is 2. The molecule has 126 valence electrons. The lowest BCUT2D eigenvalue weighted by atomic mass is 10.1. The number of carbonyl (C=O) groups is 1. The average molecular weight is 331 g/mol. The molecule has 0 aliphatic heterocycles. The van der Waals surface area contributed by atoms with Gasteiger partial charge >= 0.3 is 5.69 Å². The van der Waals surface area contributed by atoms with Crippen molar-refractivity contribution in [2.45, 2.75) is 38.4 Å². The zero-order valence-corrected chi connectivity index (χ0v) is 13.2. The second kappa shape index (κ2) is 6.43. The second-order valence-electron chi connectivity index (χ2n) is 5.97. The Morgan fingerprint density at radius 1 is 1.33 bits per heavy atom. The van der Waals surface area contributed by atoms with Crippen LogP contribution in [-0.2, 0) is 11.3 Å². The third-order valence-corrected chi connectivity index (χ3v) is 4.20. The number of hydrogen-bond donors (Lipinski definition) is 1. The molecule has 1 amide bonds. The van der Waals surface area contributed by atoms with E-state index in [2.05, 4.69) is 4.98 Å². The van der Waals surface area contributed by atoms with Gasteiger partial charge in [-0.2, -0.15) is 0 Å². The van der Waals surface area contributed by atoms with Gasteiger partial charge in [0.15, 0.2) is 0 Å². The first-order valence-electron chi connectivity index (χ1n) is 7.82. The van der Waals surface area contributed by atoms with Crippen molar-refractivity contribution < 1.29 is 9.18 Å². The highest BCUT2D eigenvalue weighted by Gasteiger charge is 2.36. The maximum Gasteiger partial charge on any atom is 0.328 e. The maximum absolute atomic E-state index is 14.1. The molecule has 0 saturated heterocycles. The van der Waals surface area contributed by atoms with Crippen LogP contribution in [0.2, 0.25) is 0 Å². The largest absolute Gasteiger partial charge is 0.331 e. The van der Waals surface area contributed by atoms with Gasteiger partial charge in [0.1, 0.15) is 12.4 Å². The molecule has 0 spiro atoms. The summed E-state index contributed by atoms with van der Waals surface area (Å²) in [6, 6.07) is 7.19. The number of carbonyl (C=O) groups excluding carboxylic acids is 1. The van der Waals surface area contributed by atoms with Gasteiger partial charge in [-0.1, -0.05) is 18.2 Å². The highest BCUT2D eigenvalue weighted by atomic mass is 19.1. The highest BCUT2D eigenvalue weighted by Crippen LogP contribution is 2.35. The van der Waals surface area contributed by atoms with Gasteiger partial charge in [0.25, 0.3) is 5.56 Å². The number of amides is 1. The van der Waals surface area contributed by atoms with Crippen LogP contribution in [0, 0.1) is 5.82 Å². The topological polar surface area (TPSA) is 75.2 Å². The molecule has 7 heteroatoms. The number of hydrogen-bond acceptors (Lipinski definition) is 3. The standard InChI is InChI=1S/C17H18FN3O3/c1-11(13-4-2-3-5-14(13)18)21(12-6-7-12)16(23)10-20-9-8-15(22)19-17(20)24/h2-5,8-9,11-12H,6-7,10H2,1H3,(H,19,22,24)/t11-/m0/s1. The molecule has 0 unspecified atom stereocenters. The number of H-pyrrole nitrogens is 1. The molecule has 1 heterocycles. The third kappa shape index (κ3) is 3.29. The summed E-state index contributed by atoms with van der Waals surface area (Å²) in [5, 5.41) is 0. The van der Waals surface area contributed by atoms with E-state index in [1.165, 1.54) is 18.3 Å². The Hall–Kier alpha value is -2.70. The highest BCUT2D eigenvalue weighted by molar-refractivity contribution is 5.77. The lowest BCUT2D eigenvalue weighted by Gasteiger charge is -2.30. The lowest BCUT2D eigenvalue weighted by molar-refractivity contribution is -0.134. The van der Waals surface area contributed by atoms with Crippen molar-refractivity contribution in [2.24, 2.45) is 0 Å². The van der Waals surface area contributed by atoms with Crippen LogP contribution in [0.5, 0.6) is 0 Å². The van der Waals surface area contributed by atoms with E-state index in [1.54, 1.807) is 30.0 Å². The van der Waals surface area contributed by atoms with E-state index in [9.17, 15) is 18.8 Å². The van der Waals surface area contributed by atoms with Crippen LogP contribution in [0.3, 0.4) is 0 Å². The van der Waals surface area contributed by atoms with Crippen LogP contribution in [-0.4, -0.2) is 26.4 Å². The predicted octanol–water partition coefficient (Wildman–Crippen LogP) is 1.43. The molecule has 1 aliphatic carbocycles. The minimum absolute atomic E-state index is 0.0607. The molecule has 1 aromatic heterocycles. The van der Waals surface area contributed by atoms with Crippen LogP contribution < -0.4 is 11.2 Å². The van der Waals surface area contributed by atoms with E-state index >= 15 is 0 Å². The molecule has 1 aliphatic rings. The molecule has 0 bridgehead atoms. The molecule has 1 saturated carbocycles. The first-order chi connectivity index (χ1) is 11.5. The van der Waals surface area contributed by atoms with Gasteiger partial charge in [-0.05, 0) is 25.8 Å². The minimum atomic E-state index is -0.634. The first kappa shape index (κ1) is 16.2. The van der Waals surface area contributed by atoms with Crippen LogP contribution in [0.4, 0.5) is 4.39 Å². The summed E-state index contributed by atoms with van der Waals surface area (Å²) in [6.07, 6.45) is 3.02. The van der Waals surface area contributed by atoms with Crippen molar-refractivity contribution in [3.05, 3.63) is 68.7 Å². The number of halogens is 1. The zero-order valence-electron chi connectivity index (χ0n) is 13.2. The summed E-state index contributed by atoms with van der Waals surface area (Å²) < 4.78 is 15.2. The Bertz CT molecular complexity index is 870. The predicted molar refractivity (Wildman–Crippen MR) is 86.0 cm³/mol. The number of benzene rings is 1. The van der Waals surface area contributed by atoms with Gasteiger partial charge in [0.05, 0.1) is 6.04 Å². The average Bonchev–Trinajstić information content (AvgIpc) is 3.35. The van der Waals surface area contributed by atoms with Crippen molar-refractivity contribution >= 4 is 5.91 Å². The normalized spacial score (nSPS) is 15.1. The Morgan fingerprint density at radius 2 is 2.04 bits per heavy atom. The number of aromatic amines is 1. The second-order valence-corrected chi connectivity index (χ2v) is 5.97. The van der Waals surface area contributed by atoms with Crippen LogP contribution in [0.25, 0.3) is 0 Å². The number of nitrogens with zero attached hydrogens (tertiary/aromatic N) is 2. The van der Waals surface area contributed by atoms with Crippen molar-refractivity contribution in [2.75, 3.05) is 0 Å². The molecular formula is C17H18FN3O3. The minimum Gasteiger partial charge on any atom is -0.331 e. The molecule has 3 rings (SSSR count). The van der Waals surface area contributed by atoms with Gasteiger partial charge in [-0.25, -0.2) is 9.18 Å². The van der Waals surface area contributed by atoms with Crippen LogP contribution in [0.15, 0.2) is 46.1 Å². The Morgan fingerprint density at radius 3 is 2.67 bits per heavy atom. The zero-order chi connectivity index (χ0) is 17.3. The summed E-state index contributed by atoms with van der Waals surface area (Å²) in [5.41, 5.74) is -0.695. The van der Waals surface area contributed by atoms with Crippen molar-refractivity contribution in [1.29, 1.82) is 0 Å². The van der Waals surface area contributed by atoms with Crippen molar-refractivity contribution in [1.82, 2.24) is 14.5 Å². The first-order valence-corrected chi connectivity index (χ1v) is 7.82. The van der Waals surface area contributed by atoms with Gasteiger partial charge in [-0.3, -0.25) is 19.1 Å². The fourth-order valence-electron chi connectivity index (χ4n) is 2.85. The fraction of sp³-hybridized carbons (Fsp3) is 0.353. The molecule has 1 N–H and O–H groups in total. The van der Waals surface area contributed by atoms with Gasteiger partial charge in [0.2, 0.25) is 5.91 Å². The van der Waals surface area contributed by atoms with Crippen molar-refractivity contribution in [3.63, 3.8) is 0 Å². The summed E-state index contributed by atoms with van der Waals surface area (Å²) in [5.74, 6) is -0.632. The quantitative estimate of drug-likeness (QED) is 0.900. The fourth-order valence-corrected chi connectivity index (χ4v) is 2.85. The van der Waals surface area contributed by atoms with E-state index in [0.29, 0.717) is 5.56 Å². The molecule has 1 aromatic carbocycles. The molecule has 2 aromatic rings. The van der Waals surface area contributed by atoms with Crippen LogP contribution in [0.1, 0.15) is 31.4 Å². The summed E-state index contributed by atoms with van der Waals surface area (Å²) in [6.45, 7) is 1.59. The summed E-state index contributed by atoms with van der Waals surface area (Å²) >= 11 is 0. The molecular weight excluding hydrogens is 313 g/mol. The van der Waals surface area contributed by atoms with E-state index in [0.717, 1.165) is 17.4 Å². The van der Waals surface area contributed by atoms with E-state index < -0.39 is 17.3 Å². The van der Waals surface area contributed by atoms with E-state index in [-0.39, 0.29) is 24.3 Å².